The van der Waals surface area contributed by atoms with Crippen molar-refractivity contribution in [1.29, 1.82) is 0 Å². The molecule has 0 aliphatic rings. The number of carbonyl (C=O) groups is 1. The number of aromatic nitrogens is 2. The molecule has 0 saturated heterocycles. The van der Waals surface area contributed by atoms with Gasteiger partial charge >= 0.3 is 6.61 Å². The number of hydrogen-bond donors (Lipinski definition) is 1. The van der Waals surface area contributed by atoms with Crippen molar-refractivity contribution >= 4 is 11.6 Å². The van der Waals surface area contributed by atoms with E-state index in [4.69, 9.17) is 0 Å². The molecule has 2 aromatic carbocycles. The molecule has 3 rings (SSSR count). The summed E-state index contributed by atoms with van der Waals surface area (Å²) in [5.74, 6) is -0.263. The van der Waals surface area contributed by atoms with Gasteiger partial charge in [0.25, 0.3) is 5.91 Å². The van der Waals surface area contributed by atoms with Crippen molar-refractivity contribution in [2.24, 2.45) is 0 Å². The third-order valence-corrected chi connectivity index (χ3v) is 3.79. The Bertz CT molecular complexity index is 901. The topological polar surface area (TPSA) is 56.2 Å². The van der Waals surface area contributed by atoms with Crippen LogP contribution in [0.1, 0.15) is 21.5 Å². The second kappa shape index (κ2) is 7.35. The fourth-order valence-corrected chi connectivity index (χ4v) is 2.67. The zero-order valence-corrected chi connectivity index (χ0v) is 14.2. The van der Waals surface area contributed by atoms with Crippen molar-refractivity contribution < 1.29 is 18.3 Å². The minimum absolute atomic E-state index is 0.0912. The Balaban J connectivity index is 1.77. The number of para-hydroxylation sites is 1. The molecule has 7 heteroatoms. The van der Waals surface area contributed by atoms with E-state index in [0.29, 0.717) is 22.4 Å². The molecule has 0 saturated carbocycles. The largest absolute Gasteiger partial charge is 0.434 e. The monoisotopic (exact) mass is 357 g/mol. The predicted molar refractivity (Wildman–Crippen MR) is 94.1 cm³/mol. The Hall–Kier alpha value is -3.22. The molecule has 1 amide bonds. The molecule has 0 aliphatic heterocycles. The highest BCUT2D eigenvalue weighted by atomic mass is 19.3. The molecule has 1 heterocycles. The third-order valence-electron chi connectivity index (χ3n) is 3.79. The van der Waals surface area contributed by atoms with Crippen LogP contribution in [-0.2, 0) is 0 Å². The first-order valence-electron chi connectivity index (χ1n) is 7.91. The lowest BCUT2D eigenvalue weighted by molar-refractivity contribution is -0.0507. The highest BCUT2D eigenvalue weighted by Crippen LogP contribution is 2.27. The number of ether oxygens (including phenoxy) is 1. The van der Waals surface area contributed by atoms with Crippen LogP contribution >= 0.6 is 0 Å². The van der Waals surface area contributed by atoms with Gasteiger partial charge in [-0.2, -0.15) is 13.9 Å². The molecule has 0 aliphatic carbocycles. The number of nitrogens with zero attached hydrogens (tertiary/aromatic N) is 2. The van der Waals surface area contributed by atoms with Crippen LogP contribution in [0.3, 0.4) is 0 Å². The first-order chi connectivity index (χ1) is 12.4. The van der Waals surface area contributed by atoms with E-state index in [0.717, 1.165) is 5.69 Å². The van der Waals surface area contributed by atoms with Crippen LogP contribution in [0.5, 0.6) is 5.75 Å². The van der Waals surface area contributed by atoms with Gasteiger partial charge in [-0.3, -0.25) is 4.79 Å². The summed E-state index contributed by atoms with van der Waals surface area (Å²) >= 11 is 0. The van der Waals surface area contributed by atoms with E-state index in [1.54, 1.807) is 30.9 Å². The van der Waals surface area contributed by atoms with Crippen molar-refractivity contribution in [3.05, 3.63) is 71.5 Å². The summed E-state index contributed by atoms with van der Waals surface area (Å²) in [6, 6.07) is 12.5. The maximum atomic E-state index is 12.5. The maximum absolute atomic E-state index is 12.5. The van der Waals surface area contributed by atoms with Crippen molar-refractivity contribution in [3.63, 3.8) is 0 Å². The zero-order chi connectivity index (χ0) is 18.7. The van der Waals surface area contributed by atoms with Gasteiger partial charge in [0.15, 0.2) is 0 Å². The van der Waals surface area contributed by atoms with E-state index in [-0.39, 0.29) is 11.7 Å². The van der Waals surface area contributed by atoms with Gasteiger partial charge in [-0.1, -0.05) is 18.2 Å². The van der Waals surface area contributed by atoms with Crippen molar-refractivity contribution in [3.8, 4) is 11.4 Å². The van der Waals surface area contributed by atoms with Crippen LogP contribution in [0, 0.1) is 13.8 Å². The lowest BCUT2D eigenvalue weighted by Gasteiger charge is -2.13. The van der Waals surface area contributed by atoms with E-state index in [1.807, 2.05) is 30.3 Å². The average Bonchev–Trinajstić information content (AvgIpc) is 3.07. The summed E-state index contributed by atoms with van der Waals surface area (Å²) in [6.07, 6.45) is 3.24. The number of benzene rings is 2. The Morgan fingerprint density at radius 3 is 2.42 bits per heavy atom. The van der Waals surface area contributed by atoms with Crippen LogP contribution in [-0.4, -0.2) is 22.3 Å². The second-order valence-corrected chi connectivity index (χ2v) is 5.78. The molecule has 1 N–H and O–H groups in total. The summed E-state index contributed by atoms with van der Waals surface area (Å²) in [4.78, 5) is 12.5. The van der Waals surface area contributed by atoms with Crippen LogP contribution < -0.4 is 10.1 Å². The quantitative estimate of drug-likeness (QED) is 0.739. The van der Waals surface area contributed by atoms with E-state index in [9.17, 15) is 13.6 Å². The standard InChI is InChI=1S/C19H17F2N3O2/c1-12-8-14(9-13(2)17(12)26-19(20)21)18(25)23-15-10-22-24(11-15)16-6-4-3-5-7-16/h3-11,19H,1-2H3,(H,23,25). The number of halogens is 2. The van der Waals surface area contributed by atoms with Crippen LogP contribution in [0.15, 0.2) is 54.9 Å². The average molecular weight is 357 g/mol. The number of aryl methyl sites for hydroxylation is 2. The van der Waals surface area contributed by atoms with Crippen LogP contribution in [0.25, 0.3) is 5.69 Å². The molecule has 3 aromatic rings. The zero-order valence-electron chi connectivity index (χ0n) is 14.2. The van der Waals surface area contributed by atoms with Gasteiger partial charge in [-0.15, -0.1) is 0 Å². The molecule has 134 valence electrons. The van der Waals surface area contributed by atoms with Gasteiger partial charge in [-0.05, 0) is 49.2 Å². The molecular formula is C19H17F2N3O2. The highest BCUT2D eigenvalue weighted by molar-refractivity contribution is 6.04. The molecule has 0 radical (unpaired) electrons. The summed E-state index contributed by atoms with van der Waals surface area (Å²) in [6.45, 7) is 0.333. The number of carbonyl (C=O) groups excluding carboxylic acids is 1. The molecule has 0 bridgehead atoms. The first-order valence-corrected chi connectivity index (χ1v) is 7.91. The van der Waals surface area contributed by atoms with Gasteiger partial charge < -0.3 is 10.1 Å². The summed E-state index contributed by atoms with van der Waals surface area (Å²) in [5.41, 5.74) is 2.69. The van der Waals surface area contributed by atoms with Gasteiger partial charge in [-0.25, -0.2) is 4.68 Å². The molecule has 1 aromatic heterocycles. The Kier molecular flexibility index (Phi) is 4.97. The Morgan fingerprint density at radius 2 is 1.81 bits per heavy atom. The first kappa shape index (κ1) is 17.6. The number of hydrogen-bond acceptors (Lipinski definition) is 3. The summed E-state index contributed by atoms with van der Waals surface area (Å²) in [7, 11) is 0. The van der Waals surface area contributed by atoms with Crippen LogP contribution in [0.4, 0.5) is 14.5 Å². The Labute approximate surface area is 149 Å². The fourth-order valence-electron chi connectivity index (χ4n) is 2.67. The number of rotatable bonds is 5. The molecule has 0 atom stereocenters. The van der Waals surface area contributed by atoms with Gasteiger partial charge in [0.1, 0.15) is 5.75 Å². The van der Waals surface area contributed by atoms with Crippen molar-refractivity contribution in [2.45, 2.75) is 20.5 Å². The minimum Gasteiger partial charge on any atom is -0.434 e. The normalized spacial score (nSPS) is 10.8. The highest BCUT2D eigenvalue weighted by Gasteiger charge is 2.15. The van der Waals surface area contributed by atoms with Crippen molar-refractivity contribution in [1.82, 2.24) is 9.78 Å². The molecule has 0 fully saturated rings. The smallest absolute Gasteiger partial charge is 0.387 e. The third kappa shape index (κ3) is 3.88. The lowest BCUT2D eigenvalue weighted by atomic mass is 10.1. The Morgan fingerprint density at radius 1 is 1.15 bits per heavy atom. The minimum atomic E-state index is -2.91. The summed E-state index contributed by atoms with van der Waals surface area (Å²) in [5, 5.41) is 6.97. The predicted octanol–water partition coefficient (Wildman–Crippen LogP) is 4.34. The maximum Gasteiger partial charge on any atom is 0.387 e. The van der Waals surface area contributed by atoms with Crippen LogP contribution in [0.2, 0.25) is 0 Å². The summed E-state index contributed by atoms with van der Waals surface area (Å²) < 4.78 is 31.1. The van der Waals surface area contributed by atoms with Gasteiger partial charge in [0.05, 0.1) is 23.8 Å². The van der Waals surface area contributed by atoms with E-state index in [2.05, 4.69) is 15.2 Å². The SMILES string of the molecule is Cc1cc(C(=O)Nc2cnn(-c3ccccc3)c2)cc(C)c1OC(F)F. The number of nitrogens with one attached hydrogen (secondary N) is 1. The molecule has 0 unspecified atom stereocenters. The number of anilines is 1. The fraction of sp³-hybridized carbons (Fsp3) is 0.158. The lowest BCUT2D eigenvalue weighted by Crippen LogP contribution is -2.13. The molecule has 26 heavy (non-hydrogen) atoms. The van der Waals surface area contributed by atoms with Crippen molar-refractivity contribution in [2.75, 3.05) is 5.32 Å². The second-order valence-electron chi connectivity index (χ2n) is 5.78. The molecule has 0 spiro atoms. The van der Waals surface area contributed by atoms with Gasteiger partial charge in [0, 0.05) is 5.56 Å². The van der Waals surface area contributed by atoms with E-state index in [1.165, 1.54) is 12.1 Å². The molecule has 5 nitrogen and oxygen atoms in total. The number of amides is 1. The number of alkyl halides is 2. The van der Waals surface area contributed by atoms with E-state index >= 15 is 0 Å². The van der Waals surface area contributed by atoms with Gasteiger partial charge in [0.2, 0.25) is 0 Å². The van der Waals surface area contributed by atoms with E-state index < -0.39 is 6.61 Å². The molecular weight excluding hydrogens is 340 g/mol.